The molecule has 0 bridgehead atoms. The van der Waals surface area contributed by atoms with Crippen molar-refractivity contribution < 1.29 is 9.59 Å². The number of nitrogens with one attached hydrogen (secondary N) is 2. The molecule has 0 aliphatic carbocycles. The Bertz CT molecular complexity index is 263. The van der Waals surface area contributed by atoms with Gasteiger partial charge >= 0.3 is 6.03 Å². The minimum atomic E-state index is -0.0675. The first-order valence-electron chi connectivity index (χ1n) is 7.36. The van der Waals surface area contributed by atoms with E-state index in [1.165, 1.54) is 25.3 Å². The standard InChI is InChI=1S/C14H27N3O2/c1-2-3-4-8-11-16-14(19)17-12-9-6-5-7-10-15-13-18/h2-12H2,1H3,(H2,16,17,19). The lowest BCUT2D eigenvalue weighted by Gasteiger charge is -2.07. The first kappa shape index (κ1) is 17.6. The highest BCUT2D eigenvalue weighted by molar-refractivity contribution is 5.73. The Hall–Kier alpha value is -1.35. The summed E-state index contributed by atoms with van der Waals surface area (Å²) in [6, 6.07) is -0.0675. The Morgan fingerprint density at radius 2 is 1.53 bits per heavy atom. The zero-order valence-corrected chi connectivity index (χ0v) is 12.0. The van der Waals surface area contributed by atoms with Crippen LogP contribution in [0.25, 0.3) is 0 Å². The Morgan fingerprint density at radius 1 is 0.947 bits per heavy atom. The normalized spacial score (nSPS) is 9.74. The Kier molecular flexibility index (Phi) is 13.7. The Labute approximate surface area is 116 Å². The van der Waals surface area contributed by atoms with Crippen LogP contribution in [-0.4, -0.2) is 31.7 Å². The molecule has 0 fully saturated rings. The van der Waals surface area contributed by atoms with Crippen LogP contribution in [0.15, 0.2) is 4.99 Å². The van der Waals surface area contributed by atoms with Gasteiger partial charge in [0.15, 0.2) is 0 Å². The number of urea groups is 1. The molecule has 0 radical (unpaired) electrons. The maximum atomic E-state index is 11.4. The fraction of sp³-hybridized carbons (Fsp3) is 0.857. The highest BCUT2D eigenvalue weighted by atomic mass is 16.2. The average Bonchev–Trinajstić information content (AvgIpc) is 2.41. The molecule has 0 saturated carbocycles. The summed E-state index contributed by atoms with van der Waals surface area (Å²) in [5.41, 5.74) is 0. The van der Waals surface area contributed by atoms with Crippen LogP contribution in [0, 0.1) is 0 Å². The van der Waals surface area contributed by atoms with Crippen molar-refractivity contribution in [3.05, 3.63) is 0 Å². The maximum absolute atomic E-state index is 11.4. The van der Waals surface area contributed by atoms with Gasteiger partial charge in [0, 0.05) is 13.1 Å². The molecule has 2 N–H and O–H groups in total. The van der Waals surface area contributed by atoms with Gasteiger partial charge in [-0.1, -0.05) is 39.0 Å². The summed E-state index contributed by atoms with van der Waals surface area (Å²) in [7, 11) is 0. The molecule has 0 spiro atoms. The highest BCUT2D eigenvalue weighted by Gasteiger charge is 1.98. The molecule has 0 saturated heterocycles. The van der Waals surface area contributed by atoms with E-state index in [0.29, 0.717) is 13.1 Å². The molecule has 0 atom stereocenters. The maximum Gasteiger partial charge on any atom is 0.314 e. The summed E-state index contributed by atoms with van der Waals surface area (Å²) < 4.78 is 0. The van der Waals surface area contributed by atoms with Crippen molar-refractivity contribution in [2.45, 2.75) is 58.3 Å². The van der Waals surface area contributed by atoms with Crippen molar-refractivity contribution in [3.8, 4) is 0 Å². The summed E-state index contributed by atoms with van der Waals surface area (Å²) in [5.74, 6) is 0. The number of aliphatic imine (C=N–C) groups is 1. The number of isocyanates is 1. The van der Waals surface area contributed by atoms with Gasteiger partial charge in [0.05, 0.1) is 6.54 Å². The van der Waals surface area contributed by atoms with E-state index in [9.17, 15) is 9.59 Å². The summed E-state index contributed by atoms with van der Waals surface area (Å²) in [6.45, 7) is 4.20. The van der Waals surface area contributed by atoms with E-state index in [0.717, 1.165) is 38.6 Å². The quantitative estimate of drug-likeness (QED) is 0.325. The third-order valence-electron chi connectivity index (χ3n) is 2.86. The molecule has 19 heavy (non-hydrogen) atoms. The monoisotopic (exact) mass is 269 g/mol. The summed E-state index contributed by atoms with van der Waals surface area (Å²) in [6.07, 6.45) is 10.2. The summed E-state index contributed by atoms with van der Waals surface area (Å²) in [4.78, 5) is 24.7. The van der Waals surface area contributed by atoms with Crippen molar-refractivity contribution in [1.29, 1.82) is 0 Å². The van der Waals surface area contributed by atoms with Gasteiger partial charge in [-0.25, -0.2) is 14.6 Å². The van der Waals surface area contributed by atoms with Crippen LogP contribution < -0.4 is 10.6 Å². The van der Waals surface area contributed by atoms with Crippen LogP contribution in [0.4, 0.5) is 4.79 Å². The van der Waals surface area contributed by atoms with E-state index < -0.39 is 0 Å². The van der Waals surface area contributed by atoms with E-state index >= 15 is 0 Å². The number of nitrogens with zero attached hydrogens (tertiary/aromatic N) is 1. The van der Waals surface area contributed by atoms with Gasteiger partial charge in [-0.3, -0.25) is 0 Å². The fourth-order valence-corrected chi connectivity index (χ4v) is 1.73. The third kappa shape index (κ3) is 14.6. The van der Waals surface area contributed by atoms with Gasteiger partial charge < -0.3 is 10.6 Å². The molecule has 0 heterocycles. The summed E-state index contributed by atoms with van der Waals surface area (Å²) >= 11 is 0. The van der Waals surface area contributed by atoms with E-state index in [2.05, 4.69) is 22.5 Å². The fourth-order valence-electron chi connectivity index (χ4n) is 1.73. The second-order valence-corrected chi connectivity index (χ2v) is 4.63. The molecule has 0 aromatic heterocycles. The van der Waals surface area contributed by atoms with Crippen LogP contribution in [0.1, 0.15) is 58.3 Å². The SMILES string of the molecule is CCCCCCNC(=O)NCCCCCCN=C=O. The minimum absolute atomic E-state index is 0.0675. The summed E-state index contributed by atoms with van der Waals surface area (Å²) in [5, 5.41) is 5.69. The lowest BCUT2D eigenvalue weighted by atomic mass is 10.2. The van der Waals surface area contributed by atoms with Crippen LogP contribution in [0.3, 0.4) is 0 Å². The third-order valence-corrected chi connectivity index (χ3v) is 2.86. The van der Waals surface area contributed by atoms with Crippen molar-refractivity contribution in [2.75, 3.05) is 19.6 Å². The molecular formula is C14H27N3O2. The second kappa shape index (κ2) is 14.7. The first-order chi connectivity index (χ1) is 9.31. The Balaban J connectivity index is 3.18. The molecule has 0 aliphatic heterocycles. The molecule has 5 heteroatoms. The van der Waals surface area contributed by atoms with Crippen LogP contribution >= 0.6 is 0 Å². The van der Waals surface area contributed by atoms with Crippen molar-refractivity contribution in [1.82, 2.24) is 10.6 Å². The first-order valence-corrected chi connectivity index (χ1v) is 7.36. The van der Waals surface area contributed by atoms with Gasteiger partial charge in [0.2, 0.25) is 6.08 Å². The van der Waals surface area contributed by atoms with E-state index in [-0.39, 0.29) is 6.03 Å². The van der Waals surface area contributed by atoms with Gasteiger partial charge in [0.25, 0.3) is 0 Å². The molecule has 0 unspecified atom stereocenters. The van der Waals surface area contributed by atoms with E-state index in [1.54, 1.807) is 0 Å². The van der Waals surface area contributed by atoms with Crippen molar-refractivity contribution in [2.24, 2.45) is 4.99 Å². The highest BCUT2D eigenvalue weighted by Crippen LogP contribution is 1.99. The minimum Gasteiger partial charge on any atom is -0.338 e. The van der Waals surface area contributed by atoms with E-state index in [4.69, 9.17) is 0 Å². The second-order valence-electron chi connectivity index (χ2n) is 4.63. The average molecular weight is 269 g/mol. The predicted octanol–water partition coefficient (Wildman–Crippen LogP) is 2.76. The predicted molar refractivity (Wildman–Crippen MR) is 77.0 cm³/mol. The van der Waals surface area contributed by atoms with Crippen LogP contribution in [0.5, 0.6) is 0 Å². The number of unbranched alkanes of at least 4 members (excludes halogenated alkanes) is 6. The van der Waals surface area contributed by atoms with Crippen LogP contribution in [-0.2, 0) is 4.79 Å². The van der Waals surface area contributed by atoms with Gasteiger partial charge in [-0.15, -0.1) is 0 Å². The zero-order chi connectivity index (χ0) is 14.2. The topological polar surface area (TPSA) is 70.6 Å². The van der Waals surface area contributed by atoms with Crippen molar-refractivity contribution >= 4 is 12.1 Å². The van der Waals surface area contributed by atoms with E-state index in [1.807, 2.05) is 0 Å². The Morgan fingerprint density at radius 3 is 2.11 bits per heavy atom. The lowest BCUT2D eigenvalue weighted by Crippen LogP contribution is -2.36. The molecule has 2 amide bonds. The number of hydrogen-bond acceptors (Lipinski definition) is 3. The number of rotatable bonds is 12. The molecule has 0 aliphatic rings. The van der Waals surface area contributed by atoms with Gasteiger partial charge in [0.1, 0.15) is 0 Å². The zero-order valence-electron chi connectivity index (χ0n) is 12.0. The molecule has 0 aromatic rings. The number of carbonyl (C=O) groups is 1. The molecule has 5 nitrogen and oxygen atoms in total. The van der Waals surface area contributed by atoms with Crippen molar-refractivity contribution in [3.63, 3.8) is 0 Å². The van der Waals surface area contributed by atoms with Gasteiger partial charge in [-0.05, 0) is 19.3 Å². The number of hydrogen-bond donors (Lipinski definition) is 2. The number of carbonyl (C=O) groups excluding carboxylic acids is 2. The molecular weight excluding hydrogens is 242 g/mol. The molecule has 110 valence electrons. The van der Waals surface area contributed by atoms with Crippen LogP contribution in [0.2, 0.25) is 0 Å². The molecule has 0 rings (SSSR count). The number of amides is 2. The lowest BCUT2D eigenvalue weighted by molar-refractivity contribution is 0.240. The molecule has 0 aromatic carbocycles. The van der Waals surface area contributed by atoms with Gasteiger partial charge in [-0.2, -0.15) is 0 Å². The largest absolute Gasteiger partial charge is 0.338 e. The smallest absolute Gasteiger partial charge is 0.314 e.